The van der Waals surface area contributed by atoms with Crippen molar-refractivity contribution in [2.75, 3.05) is 23.3 Å². The monoisotopic (exact) mass is 358 g/mol. The number of amides is 1. The molecule has 0 aliphatic carbocycles. The number of hydrogen-bond donors (Lipinski definition) is 1. The van der Waals surface area contributed by atoms with Gasteiger partial charge in [-0.2, -0.15) is 0 Å². The highest BCUT2D eigenvalue weighted by molar-refractivity contribution is 6.05. The predicted octanol–water partition coefficient (Wildman–Crippen LogP) is 3.72. The van der Waals surface area contributed by atoms with Gasteiger partial charge in [-0.3, -0.25) is 4.79 Å². The first kappa shape index (κ1) is 17.2. The van der Waals surface area contributed by atoms with Crippen LogP contribution in [-0.2, 0) is 12.8 Å². The number of nitrogens with zero attached hydrogens (tertiary/aromatic N) is 3. The zero-order chi connectivity index (χ0) is 18.5. The number of aryl methyl sites for hydroxylation is 1. The Labute approximate surface area is 159 Å². The summed E-state index contributed by atoms with van der Waals surface area (Å²) in [5.41, 5.74) is 3.85. The van der Waals surface area contributed by atoms with Gasteiger partial charge in [0.05, 0.1) is 0 Å². The third-order valence-corrected chi connectivity index (χ3v) is 4.80. The first-order valence-corrected chi connectivity index (χ1v) is 9.32. The molecule has 1 aromatic heterocycles. The van der Waals surface area contributed by atoms with Gasteiger partial charge in [0.2, 0.25) is 0 Å². The molecule has 3 aromatic rings. The van der Waals surface area contributed by atoms with Crippen LogP contribution < -0.4 is 10.2 Å². The minimum absolute atomic E-state index is 0.0921. The smallest absolute Gasteiger partial charge is 0.278 e. The van der Waals surface area contributed by atoms with Crippen molar-refractivity contribution in [2.24, 2.45) is 0 Å². The van der Waals surface area contributed by atoms with Crippen LogP contribution in [0.1, 0.15) is 28.0 Å². The van der Waals surface area contributed by atoms with Crippen molar-refractivity contribution in [1.82, 2.24) is 10.2 Å². The van der Waals surface area contributed by atoms with Gasteiger partial charge in [-0.05, 0) is 48.6 Å². The molecule has 27 heavy (non-hydrogen) atoms. The molecule has 0 unspecified atom stereocenters. The normalized spacial score (nSPS) is 13.1. The lowest BCUT2D eigenvalue weighted by molar-refractivity contribution is 0.0979. The van der Waals surface area contributed by atoms with Crippen molar-refractivity contribution >= 4 is 17.4 Å². The summed E-state index contributed by atoms with van der Waals surface area (Å²) in [6.45, 7) is 1.49. The van der Waals surface area contributed by atoms with Crippen molar-refractivity contribution in [3.05, 3.63) is 83.6 Å². The Bertz CT molecular complexity index is 909. The van der Waals surface area contributed by atoms with Gasteiger partial charge in [0.1, 0.15) is 5.82 Å². The second kappa shape index (κ2) is 7.99. The number of anilines is 2. The first-order valence-electron chi connectivity index (χ1n) is 9.32. The zero-order valence-electron chi connectivity index (χ0n) is 15.1. The summed E-state index contributed by atoms with van der Waals surface area (Å²) in [5.74, 6) is 0.590. The van der Waals surface area contributed by atoms with E-state index in [4.69, 9.17) is 0 Å². The fraction of sp³-hybridized carbons (Fsp3) is 0.227. The van der Waals surface area contributed by atoms with Crippen LogP contribution >= 0.6 is 0 Å². The van der Waals surface area contributed by atoms with Crippen LogP contribution in [0.2, 0.25) is 0 Å². The lowest BCUT2D eigenvalue weighted by atomic mass is 10.0. The maximum atomic E-state index is 12.9. The van der Waals surface area contributed by atoms with E-state index in [9.17, 15) is 4.79 Å². The molecule has 1 aliphatic heterocycles. The lowest BCUT2D eigenvalue weighted by Crippen LogP contribution is -2.36. The summed E-state index contributed by atoms with van der Waals surface area (Å²) in [4.78, 5) is 14.7. The van der Waals surface area contributed by atoms with Gasteiger partial charge < -0.3 is 10.2 Å². The molecule has 5 nitrogen and oxygen atoms in total. The average molecular weight is 358 g/mol. The number of carbonyl (C=O) groups is 1. The third kappa shape index (κ3) is 3.97. The van der Waals surface area contributed by atoms with E-state index in [-0.39, 0.29) is 5.91 Å². The molecule has 0 saturated heterocycles. The fourth-order valence-corrected chi connectivity index (χ4v) is 3.40. The molecule has 5 heteroatoms. The molecule has 1 aliphatic rings. The molecular formula is C22H22N4O. The molecule has 0 bridgehead atoms. The molecule has 0 radical (unpaired) electrons. The summed E-state index contributed by atoms with van der Waals surface area (Å²) in [7, 11) is 0. The molecule has 1 N–H and O–H groups in total. The average Bonchev–Trinajstić information content (AvgIpc) is 2.74. The SMILES string of the molecule is O=C(c1ccc(NCCc2ccccc2)nn1)N1CCCc2ccccc21. The number of nitrogens with one attached hydrogen (secondary N) is 1. The largest absolute Gasteiger partial charge is 0.368 e. The number of rotatable bonds is 5. The van der Waals surface area contributed by atoms with E-state index >= 15 is 0 Å². The summed E-state index contributed by atoms with van der Waals surface area (Å²) < 4.78 is 0. The van der Waals surface area contributed by atoms with Crippen LogP contribution in [0, 0.1) is 0 Å². The Hall–Kier alpha value is -3.21. The lowest BCUT2D eigenvalue weighted by Gasteiger charge is -2.29. The Balaban J connectivity index is 1.40. The Kier molecular flexibility index (Phi) is 5.10. The Morgan fingerprint density at radius 3 is 2.59 bits per heavy atom. The number of fused-ring (bicyclic) bond motifs is 1. The minimum atomic E-state index is -0.0921. The minimum Gasteiger partial charge on any atom is -0.368 e. The summed E-state index contributed by atoms with van der Waals surface area (Å²) >= 11 is 0. The fourth-order valence-electron chi connectivity index (χ4n) is 3.40. The molecule has 0 spiro atoms. The van der Waals surface area contributed by atoms with E-state index in [1.807, 2.05) is 47.4 Å². The van der Waals surface area contributed by atoms with E-state index in [0.29, 0.717) is 18.1 Å². The molecular weight excluding hydrogens is 336 g/mol. The molecule has 0 atom stereocenters. The molecule has 0 saturated carbocycles. The number of aromatic nitrogens is 2. The van der Waals surface area contributed by atoms with Crippen molar-refractivity contribution in [3.63, 3.8) is 0 Å². The highest BCUT2D eigenvalue weighted by Gasteiger charge is 2.24. The van der Waals surface area contributed by atoms with Gasteiger partial charge >= 0.3 is 0 Å². The number of carbonyl (C=O) groups excluding carboxylic acids is 1. The molecule has 1 amide bonds. The second-order valence-electron chi connectivity index (χ2n) is 6.66. The van der Waals surface area contributed by atoms with Crippen LogP contribution in [0.3, 0.4) is 0 Å². The molecule has 2 heterocycles. The molecule has 136 valence electrons. The summed E-state index contributed by atoms with van der Waals surface area (Å²) in [5, 5.41) is 11.6. The number of para-hydroxylation sites is 1. The second-order valence-corrected chi connectivity index (χ2v) is 6.66. The van der Waals surface area contributed by atoms with E-state index in [2.05, 4.69) is 33.7 Å². The maximum absolute atomic E-state index is 12.9. The Morgan fingerprint density at radius 2 is 1.78 bits per heavy atom. The number of hydrogen-bond acceptors (Lipinski definition) is 4. The van der Waals surface area contributed by atoms with Gasteiger partial charge in [0.25, 0.3) is 5.91 Å². The Morgan fingerprint density at radius 1 is 0.963 bits per heavy atom. The molecule has 0 fully saturated rings. The predicted molar refractivity (Wildman–Crippen MR) is 107 cm³/mol. The first-order chi connectivity index (χ1) is 13.3. The van der Waals surface area contributed by atoms with Crippen molar-refractivity contribution in [3.8, 4) is 0 Å². The number of benzene rings is 2. The van der Waals surface area contributed by atoms with E-state index in [1.165, 1.54) is 11.1 Å². The zero-order valence-corrected chi connectivity index (χ0v) is 15.1. The highest BCUT2D eigenvalue weighted by atomic mass is 16.2. The summed E-state index contributed by atoms with van der Waals surface area (Å²) in [6.07, 6.45) is 2.89. The van der Waals surface area contributed by atoms with Crippen molar-refractivity contribution < 1.29 is 4.79 Å². The summed E-state index contributed by atoms with van der Waals surface area (Å²) in [6, 6.07) is 21.9. The van der Waals surface area contributed by atoms with Crippen LogP contribution in [0.15, 0.2) is 66.7 Å². The van der Waals surface area contributed by atoms with Gasteiger partial charge in [0, 0.05) is 18.8 Å². The van der Waals surface area contributed by atoms with Gasteiger partial charge in [-0.1, -0.05) is 48.5 Å². The van der Waals surface area contributed by atoms with E-state index in [0.717, 1.165) is 31.5 Å². The maximum Gasteiger partial charge on any atom is 0.278 e. The quantitative estimate of drug-likeness (QED) is 0.755. The van der Waals surface area contributed by atoms with Crippen LogP contribution in [-0.4, -0.2) is 29.2 Å². The van der Waals surface area contributed by atoms with Gasteiger partial charge in [-0.15, -0.1) is 10.2 Å². The van der Waals surface area contributed by atoms with E-state index < -0.39 is 0 Å². The topological polar surface area (TPSA) is 58.1 Å². The van der Waals surface area contributed by atoms with Gasteiger partial charge in [0.15, 0.2) is 5.69 Å². The molecule has 2 aromatic carbocycles. The van der Waals surface area contributed by atoms with Crippen LogP contribution in [0.4, 0.5) is 11.5 Å². The highest BCUT2D eigenvalue weighted by Crippen LogP contribution is 2.27. The van der Waals surface area contributed by atoms with Crippen molar-refractivity contribution in [2.45, 2.75) is 19.3 Å². The van der Waals surface area contributed by atoms with Crippen molar-refractivity contribution in [1.29, 1.82) is 0 Å². The third-order valence-electron chi connectivity index (χ3n) is 4.80. The standard InChI is InChI=1S/C22H22N4O/c27-22(26-16-6-10-18-9-4-5-11-20(18)26)19-12-13-21(25-24-19)23-15-14-17-7-2-1-3-8-17/h1-5,7-9,11-13H,6,10,14-16H2,(H,23,25). The van der Waals surface area contributed by atoms with Crippen LogP contribution in [0.25, 0.3) is 0 Å². The van der Waals surface area contributed by atoms with Crippen LogP contribution in [0.5, 0.6) is 0 Å². The van der Waals surface area contributed by atoms with E-state index in [1.54, 1.807) is 6.07 Å². The van der Waals surface area contributed by atoms with Gasteiger partial charge in [-0.25, -0.2) is 0 Å². The molecule has 4 rings (SSSR count).